The van der Waals surface area contributed by atoms with E-state index in [1.54, 1.807) is 12.4 Å². The fourth-order valence-corrected chi connectivity index (χ4v) is 3.46. The average Bonchev–Trinajstić information content (AvgIpc) is 2.56. The number of rotatable bonds is 3. The van der Waals surface area contributed by atoms with E-state index in [2.05, 4.69) is 29.0 Å². The molecule has 0 spiro atoms. The van der Waals surface area contributed by atoms with Crippen LogP contribution in [0.2, 0.25) is 0 Å². The van der Waals surface area contributed by atoms with Crippen molar-refractivity contribution in [3.63, 3.8) is 0 Å². The lowest BCUT2D eigenvalue weighted by molar-refractivity contribution is -0.00131. The number of hydrogen-bond acceptors (Lipinski definition) is 3. The van der Waals surface area contributed by atoms with Gasteiger partial charge in [-0.1, -0.05) is 49.1 Å². The van der Waals surface area contributed by atoms with Gasteiger partial charge in [-0.3, -0.25) is 0 Å². The number of nitrogens with zero attached hydrogens (tertiary/aromatic N) is 2. The summed E-state index contributed by atoms with van der Waals surface area (Å²) in [5.41, 5.74) is 1.99. The third kappa shape index (κ3) is 2.70. The maximum atomic E-state index is 11.6. The number of hydrogen-bond donors (Lipinski definition) is 1. The molecule has 3 rings (SSSR count). The fourth-order valence-electron chi connectivity index (χ4n) is 3.46. The van der Waals surface area contributed by atoms with Gasteiger partial charge in [0.2, 0.25) is 0 Å². The highest BCUT2D eigenvalue weighted by Gasteiger charge is 2.40. The van der Waals surface area contributed by atoms with Gasteiger partial charge < -0.3 is 5.11 Å². The van der Waals surface area contributed by atoms with Gasteiger partial charge in [0.1, 0.15) is 11.9 Å². The highest BCUT2D eigenvalue weighted by Crippen LogP contribution is 2.43. The molecule has 1 atom stereocenters. The molecule has 3 nitrogen and oxygen atoms in total. The van der Waals surface area contributed by atoms with E-state index in [1.165, 1.54) is 31.2 Å². The van der Waals surface area contributed by atoms with Crippen molar-refractivity contribution in [2.45, 2.75) is 44.6 Å². The summed E-state index contributed by atoms with van der Waals surface area (Å²) in [5, 5.41) is 11.6. The van der Waals surface area contributed by atoms with Crippen molar-refractivity contribution in [1.29, 1.82) is 0 Å². The van der Waals surface area contributed by atoms with Gasteiger partial charge in [-0.25, -0.2) is 9.97 Å². The first-order chi connectivity index (χ1) is 10.2. The average molecular weight is 282 g/mol. The molecule has 1 N–H and O–H groups in total. The maximum absolute atomic E-state index is 11.6. The number of aromatic nitrogens is 2. The van der Waals surface area contributed by atoms with Crippen LogP contribution in [0.25, 0.3) is 0 Å². The van der Waals surface area contributed by atoms with Gasteiger partial charge in [0, 0.05) is 18.0 Å². The molecular formula is C18H22N2O. The number of aliphatic hydroxyl groups is 1. The maximum Gasteiger partial charge on any atom is 0.120 e. The minimum Gasteiger partial charge on any atom is -0.380 e. The molecular weight excluding hydrogens is 260 g/mol. The Morgan fingerprint density at radius 1 is 0.952 bits per heavy atom. The van der Waals surface area contributed by atoms with Crippen LogP contribution < -0.4 is 0 Å². The molecule has 110 valence electrons. The molecule has 0 amide bonds. The summed E-state index contributed by atoms with van der Waals surface area (Å²) in [5.74, 6) is 0.236. The van der Waals surface area contributed by atoms with E-state index in [0.717, 1.165) is 24.0 Å². The van der Waals surface area contributed by atoms with Crippen molar-refractivity contribution in [3.8, 4) is 0 Å². The minimum atomic E-state index is -0.977. The first kappa shape index (κ1) is 14.2. The minimum absolute atomic E-state index is 0.236. The predicted molar refractivity (Wildman–Crippen MR) is 82.8 cm³/mol. The summed E-state index contributed by atoms with van der Waals surface area (Å²) >= 11 is 0. The molecule has 2 aromatic rings. The third-order valence-electron chi connectivity index (χ3n) is 4.69. The van der Waals surface area contributed by atoms with Crippen LogP contribution >= 0.6 is 0 Å². The molecule has 3 heteroatoms. The van der Waals surface area contributed by atoms with Crippen LogP contribution in [0.5, 0.6) is 0 Å². The molecule has 1 aliphatic carbocycles. The molecule has 21 heavy (non-hydrogen) atoms. The summed E-state index contributed by atoms with van der Waals surface area (Å²) in [4.78, 5) is 8.24. The van der Waals surface area contributed by atoms with Gasteiger partial charge in [0.15, 0.2) is 0 Å². The Balaban J connectivity index is 2.07. The molecule has 0 unspecified atom stereocenters. The Kier molecular flexibility index (Phi) is 4.02. The lowest BCUT2D eigenvalue weighted by Gasteiger charge is -2.39. The normalized spacial score (nSPS) is 19.1. The zero-order valence-electron chi connectivity index (χ0n) is 12.5. The van der Waals surface area contributed by atoms with Crippen molar-refractivity contribution in [1.82, 2.24) is 9.97 Å². The molecule has 1 aromatic carbocycles. The third-order valence-corrected chi connectivity index (χ3v) is 4.69. The Morgan fingerprint density at radius 2 is 1.57 bits per heavy atom. The van der Waals surface area contributed by atoms with Crippen LogP contribution in [0, 0.1) is 12.8 Å². The van der Waals surface area contributed by atoms with Gasteiger partial charge in [-0.2, -0.15) is 0 Å². The van der Waals surface area contributed by atoms with Crippen molar-refractivity contribution >= 4 is 0 Å². The summed E-state index contributed by atoms with van der Waals surface area (Å²) in [6.07, 6.45) is 10.8. The second-order valence-electron chi connectivity index (χ2n) is 6.09. The van der Waals surface area contributed by atoms with Crippen molar-refractivity contribution < 1.29 is 5.11 Å². The van der Waals surface area contributed by atoms with Gasteiger partial charge >= 0.3 is 0 Å². The van der Waals surface area contributed by atoms with E-state index in [9.17, 15) is 5.11 Å². The summed E-state index contributed by atoms with van der Waals surface area (Å²) in [6, 6.07) is 8.20. The summed E-state index contributed by atoms with van der Waals surface area (Å²) < 4.78 is 0. The fraction of sp³-hybridized carbons (Fsp3) is 0.444. The van der Waals surface area contributed by atoms with Crippen LogP contribution in [0.4, 0.5) is 0 Å². The topological polar surface area (TPSA) is 46.0 Å². The Hall–Kier alpha value is -1.74. The van der Waals surface area contributed by atoms with E-state index in [1.807, 2.05) is 12.1 Å². The highest BCUT2D eigenvalue weighted by atomic mass is 16.3. The quantitative estimate of drug-likeness (QED) is 0.935. The van der Waals surface area contributed by atoms with Crippen molar-refractivity contribution in [2.75, 3.05) is 0 Å². The van der Waals surface area contributed by atoms with Crippen LogP contribution in [-0.4, -0.2) is 15.1 Å². The van der Waals surface area contributed by atoms with Gasteiger partial charge in [-0.05, 0) is 31.2 Å². The first-order valence-electron chi connectivity index (χ1n) is 7.76. The Morgan fingerprint density at radius 3 is 2.19 bits per heavy atom. The SMILES string of the molecule is Cc1ccc([C@@](O)(c2cncnc2)C2CCCCC2)cc1. The first-order valence-corrected chi connectivity index (χ1v) is 7.76. The van der Waals surface area contributed by atoms with E-state index in [4.69, 9.17) is 0 Å². The molecule has 1 saturated carbocycles. The van der Waals surface area contributed by atoms with Crippen LogP contribution in [0.1, 0.15) is 48.8 Å². The lowest BCUT2D eigenvalue weighted by Crippen LogP contribution is -2.38. The molecule has 1 aliphatic rings. The highest BCUT2D eigenvalue weighted by molar-refractivity contribution is 5.36. The Bertz CT molecular complexity index is 576. The smallest absolute Gasteiger partial charge is 0.120 e. The summed E-state index contributed by atoms with van der Waals surface area (Å²) in [7, 11) is 0. The predicted octanol–water partition coefficient (Wildman–Crippen LogP) is 3.60. The van der Waals surface area contributed by atoms with Gasteiger partial charge in [-0.15, -0.1) is 0 Å². The molecule has 1 aromatic heterocycles. The molecule has 0 aliphatic heterocycles. The van der Waals surface area contributed by atoms with E-state index in [-0.39, 0.29) is 5.92 Å². The van der Waals surface area contributed by atoms with E-state index in [0.29, 0.717) is 0 Å². The largest absolute Gasteiger partial charge is 0.380 e. The van der Waals surface area contributed by atoms with Crippen LogP contribution in [-0.2, 0) is 5.60 Å². The zero-order chi connectivity index (χ0) is 14.7. The zero-order valence-corrected chi connectivity index (χ0v) is 12.5. The second kappa shape index (κ2) is 5.94. The molecule has 1 heterocycles. The van der Waals surface area contributed by atoms with Gasteiger partial charge in [0.25, 0.3) is 0 Å². The number of aryl methyl sites for hydroxylation is 1. The van der Waals surface area contributed by atoms with E-state index >= 15 is 0 Å². The molecule has 0 saturated heterocycles. The monoisotopic (exact) mass is 282 g/mol. The van der Waals surface area contributed by atoms with Crippen LogP contribution in [0.15, 0.2) is 43.0 Å². The molecule has 0 radical (unpaired) electrons. The Labute approximate surface area is 126 Å². The second-order valence-corrected chi connectivity index (χ2v) is 6.09. The van der Waals surface area contributed by atoms with Gasteiger partial charge in [0.05, 0.1) is 0 Å². The van der Waals surface area contributed by atoms with Crippen molar-refractivity contribution in [3.05, 3.63) is 59.7 Å². The van der Waals surface area contributed by atoms with E-state index < -0.39 is 5.60 Å². The van der Waals surface area contributed by atoms with Crippen LogP contribution in [0.3, 0.4) is 0 Å². The van der Waals surface area contributed by atoms with Crippen molar-refractivity contribution in [2.24, 2.45) is 5.92 Å². The molecule has 0 bridgehead atoms. The molecule has 1 fully saturated rings. The summed E-state index contributed by atoms with van der Waals surface area (Å²) in [6.45, 7) is 2.06. The standard InChI is InChI=1S/C18H22N2O/c1-14-7-9-16(10-8-14)18(21,15-5-3-2-4-6-15)17-11-19-13-20-12-17/h7-13,15,21H,2-6H2,1H3/t18-/m1/s1. The number of benzene rings is 1. The lowest BCUT2D eigenvalue weighted by atomic mass is 9.70.